The number of anilines is 1. The molecule has 0 saturated carbocycles. The largest absolute Gasteiger partial charge is 0.462 e. The van der Waals surface area contributed by atoms with E-state index in [0.717, 1.165) is 44.5 Å². The average Bonchev–Trinajstić information content (AvgIpc) is 2.80. The standard InChI is InChI=1S/C21H32N2O3S/c1-3-26-21(25)19-16-9-8-15(2)14-17(16)27-20(19)22-18(24)10-13-23-11-6-4-5-7-12-23/h15H,3-14H2,1-2H3,(H,22,24)/t15-/m1/s1. The molecule has 0 bridgehead atoms. The van der Waals surface area contributed by atoms with E-state index in [-0.39, 0.29) is 11.9 Å². The lowest BCUT2D eigenvalue weighted by Crippen LogP contribution is -2.28. The number of carbonyl (C=O) groups is 2. The van der Waals surface area contributed by atoms with Gasteiger partial charge < -0.3 is 15.0 Å². The number of esters is 1. The van der Waals surface area contributed by atoms with Gasteiger partial charge in [-0.25, -0.2) is 4.79 Å². The van der Waals surface area contributed by atoms with Crippen LogP contribution in [0.2, 0.25) is 0 Å². The first-order chi connectivity index (χ1) is 13.1. The highest BCUT2D eigenvalue weighted by atomic mass is 32.1. The van der Waals surface area contributed by atoms with Crippen LogP contribution >= 0.6 is 11.3 Å². The molecule has 2 aliphatic rings. The number of nitrogens with one attached hydrogen (secondary N) is 1. The smallest absolute Gasteiger partial charge is 0.341 e. The molecule has 0 spiro atoms. The van der Waals surface area contributed by atoms with Crippen molar-refractivity contribution in [1.29, 1.82) is 0 Å². The Hall–Kier alpha value is -1.40. The van der Waals surface area contributed by atoms with Crippen LogP contribution in [0.15, 0.2) is 0 Å². The summed E-state index contributed by atoms with van der Waals surface area (Å²) in [6.45, 7) is 7.38. The van der Waals surface area contributed by atoms with Crippen LogP contribution in [0.5, 0.6) is 0 Å². The van der Waals surface area contributed by atoms with E-state index in [2.05, 4.69) is 17.1 Å². The molecular formula is C21H32N2O3S. The molecule has 1 fully saturated rings. The van der Waals surface area contributed by atoms with Crippen LogP contribution in [-0.2, 0) is 22.4 Å². The molecule has 1 N–H and O–H groups in total. The third-order valence-electron chi connectivity index (χ3n) is 5.60. The van der Waals surface area contributed by atoms with Gasteiger partial charge in [-0.15, -0.1) is 11.3 Å². The minimum Gasteiger partial charge on any atom is -0.462 e. The third kappa shape index (κ3) is 5.32. The predicted molar refractivity (Wildman–Crippen MR) is 110 cm³/mol. The highest BCUT2D eigenvalue weighted by molar-refractivity contribution is 7.17. The van der Waals surface area contributed by atoms with Gasteiger partial charge in [0, 0.05) is 17.8 Å². The Morgan fingerprint density at radius 1 is 1.22 bits per heavy atom. The van der Waals surface area contributed by atoms with Crippen molar-refractivity contribution in [3.05, 3.63) is 16.0 Å². The molecule has 5 nitrogen and oxygen atoms in total. The van der Waals surface area contributed by atoms with Crippen LogP contribution in [-0.4, -0.2) is 43.0 Å². The van der Waals surface area contributed by atoms with Gasteiger partial charge >= 0.3 is 5.97 Å². The van der Waals surface area contributed by atoms with Gasteiger partial charge in [-0.1, -0.05) is 19.8 Å². The molecule has 1 aliphatic carbocycles. The Morgan fingerprint density at radius 3 is 2.67 bits per heavy atom. The van der Waals surface area contributed by atoms with Crippen LogP contribution in [0.4, 0.5) is 5.00 Å². The fourth-order valence-electron chi connectivity index (χ4n) is 4.07. The molecule has 1 saturated heterocycles. The SMILES string of the molecule is CCOC(=O)c1c(NC(=O)CCN2CCCCCC2)sc2c1CC[C@@H](C)C2. The molecule has 3 rings (SSSR count). The van der Waals surface area contributed by atoms with Gasteiger partial charge in [0.15, 0.2) is 0 Å². The van der Waals surface area contributed by atoms with E-state index in [0.29, 0.717) is 29.5 Å². The van der Waals surface area contributed by atoms with Crippen molar-refractivity contribution in [3.8, 4) is 0 Å². The Labute approximate surface area is 166 Å². The molecule has 0 unspecified atom stereocenters. The topological polar surface area (TPSA) is 58.6 Å². The summed E-state index contributed by atoms with van der Waals surface area (Å²) in [4.78, 5) is 28.7. The van der Waals surface area contributed by atoms with Crippen molar-refractivity contribution >= 4 is 28.2 Å². The Bertz CT molecular complexity index is 663. The van der Waals surface area contributed by atoms with Crippen molar-refractivity contribution in [3.63, 3.8) is 0 Å². The van der Waals surface area contributed by atoms with Gasteiger partial charge in [-0.3, -0.25) is 4.79 Å². The van der Waals surface area contributed by atoms with E-state index in [4.69, 9.17) is 4.74 Å². The molecule has 2 heterocycles. The second kappa shape index (κ2) is 9.69. The van der Waals surface area contributed by atoms with E-state index < -0.39 is 0 Å². The quantitative estimate of drug-likeness (QED) is 0.735. The number of carbonyl (C=O) groups excluding carboxylic acids is 2. The number of rotatable bonds is 6. The maximum absolute atomic E-state index is 12.6. The van der Waals surface area contributed by atoms with Gasteiger partial charge in [0.2, 0.25) is 5.91 Å². The number of hydrogen-bond acceptors (Lipinski definition) is 5. The van der Waals surface area contributed by atoms with E-state index in [1.54, 1.807) is 11.3 Å². The Morgan fingerprint density at radius 2 is 1.96 bits per heavy atom. The van der Waals surface area contributed by atoms with E-state index >= 15 is 0 Å². The number of hydrogen-bond donors (Lipinski definition) is 1. The van der Waals surface area contributed by atoms with Gasteiger partial charge in [-0.05, 0) is 63.6 Å². The van der Waals surface area contributed by atoms with E-state index in [1.807, 2.05) is 6.92 Å². The molecule has 1 atom stereocenters. The Kier molecular flexibility index (Phi) is 7.30. The summed E-state index contributed by atoms with van der Waals surface area (Å²) in [5.41, 5.74) is 1.70. The maximum Gasteiger partial charge on any atom is 0.341 e. The lowest BCUT2D eigenvalue weighted by Gasteiger charge is -2.19. The summed E-state index contributed by atoms with van der Waals surface area (Å²) in [5.74, 6) is 0.321. The summed E-state index contributed by atoms with van der Waals surface area (Å²) in [5, 5.41) is 3.72. The molecule has 150 valence electrons. The molecule has 1 aliphatic heterocycles. The fourth-order valence-corrected chi connectivity index (χ4v) is 5.48. The third-order valence-corrected chi connectivity index (χ3v) is 6.77. The zero-order chi connectivity index (χ0) is 19.2. The number of amides is 1. The number of likely N-dealkylation sites (tertiary alicyclic amines) is 1. The number of fused-ring (bicyclic) bond motifs is 1. The van der Waals surface area contributed by atoms with Crippen molar-refractivity contribution < 1.29 is 14.3 Å². The minimum absolute atomic E-state index is 0.00330. The molecule has 0 radical (unpaired) electrons. The van der Waals surface area contributed by atoms with Crippen LogP contribution in [0.1, 0.15) is 73.2 Å². The fraction of sp³-hybridized carbons (Fsp3) is 0.714. The van der Waals surface area contributed by atoms with E-state index in [9.17, 15) is 9.59 Å². The average molecular weight is 393 g/mol. The van der Waals surface area contributed by atoms with Crippen LogP contribution in [0, 0.1) is 5.92 Å². The summed E-state index contributed by atoms with van der Waals surface area (Å²) in [7, 11) is 0. The molecule has 6 heteroatoms. The van der Waals surface area contributed by atoms with Gasteiger partial charge in [0.05, 0.1) is 12.2 Å². The first kappa shape index (κ1) is 20.3. The maximum atomic E-state index is 12.6. The monoisotopic (exact) mass is 392 g/mol. The molecular weight excluding hydrogens is 360 g/mol. The molecule has 1 aromatic heterocycles. The first-order valence-electron chi connectivity index (χ1n) is 10.4. The zero-order valence-electron chi connectivity index (χ0n) is 16.6. The molecule has 0 aromatic carbocycles. The van der Waals surface area contributed by atoms with Gasteiger partial charge in [0.1, 0.15) is 5.00 Å². The second-order valence-corrected chi connectivity index (χ2v) is 8.94. The highest BCUT2D eigenvalue weighted by Crippen LogP contribution is 2.40. The number of nitrogens with zero attached hydrogens (tertiary/aromatic N) is 1. The van der Waals surface area contributed by atoms with Crippen LogP contribution in [0.25, 0.3) is 0 Å². The van der Waals surface area contributed by atoms with Crippen LogP contribution in [0.3, 0.4) is 0 Å². The highest BCUT2D eigenvalue weighted by Gasteiger charge is 2.29. The number of thiophene rings is 1. The summed E-state index contributed by atoms with van der Waals surface area (Å²) in [6.07, 6.45) is 8.48. The normalized spacial score (nSPS) is 20.6. The lowest BCUT2D eigenvalue weighted by molar-refractivity contribution is -0.116. The van der Waals surface area contributed by atoms with Gasteiger partial charge in [-0.2, -0.15) is 0 Å². The summed E-state index contributed by atoms with van der Waals surface area (Å²) in [6, 6.07) is 0. The van der Waals surface area contributed by atoms with Crippen molar-refractivity contribution in [2.45, 2.75) is 65.2 Å². The second-order valence-electron chi connectivity index (χ2n) is 7.83. The van der Waals surface area contributed by atoms with Gasteiger partial charge in [0.25, 0.3) is 0 Å². The summed E-state index contributed by atoms with van der Waals surface area (Å²) < 4.78 is 5.28. The Balaban J connectivity index is 1.67. The van der Waals surface area contributed by atoms with Crippen molar-refractivity contribution in [2.24, 2.45) is 5.92 Å². The van der Waals surface area contributed by atoms with Crippen molar-refractivity contribution in [1.82, 2.24) is 4.90 Å². The van der Waals surface area contributed by atoms with Crippen molar-refractivity contribution in [2.75, 3.05) is 31.6 Å². The lowest BCUT2D eigenvalue weighted by atomic mass is 9.88. The van der Waals surface area contributed by atoms with E-state index in [1.165, 1.54) is 30.6 Å². The first-order valence-corrected chi connectivity index (χ1v) is 11.2. The molecule has 1 amide bonds. The van der Waals surface area contributed by atoms with Crippen LogP contribution < -0.4 is 5.32 Å². The molecule has 1 aromatic rings. The minimum atomic E-state index is -0.299. The zero-order valence-corrected chi connectivity index (χ0v) is 17.5. The summed E-state index contributed by atoms with van der Waals surface area (Å²) >= 11 is 1.57. The molecule has 27 heavy (non-hydrogen) atoms. The predicted octanol–water partition coefficient (Wildman–Crippen LogP) is 4.25. The number of ether oxygens (including phenoxy) is 1.